The highest BCUT2D eigenvalue weighted by atomic mass is 16.4. The zero-order valence-electron chi connectivity index (χ0n) is 14.4. The molecule has 0 spiro atoms. The fraction of sp³-hybridized carbons (Fsp3) is 0.190. The molecular weight excluding hydrogens is 326 g/mol. The summed E-state index contributed by atoms with van der Waals surface area (Å²) in [6.07, 6.45) is 4.20. The molecule has 0 aliphatic rings. The Kier molecular flexibility index (Phi) is 6.06. The van der Waals surface area contributed by atoms with Crippen molar-refractivity contribution < 1.29 is 9.90 Å². The number of aromatic nitrogens is 2. The SMILES string of the molecule is O=C(O)CCc1cccc(CNCc2ccc(-c3ncccn3)cc2)c1. The molecule has 0 saturated heterocycles. The average molecular weight is 347 g/mol. The third-order valence-electron chi connectivity index (χ3n) is 4.06. The van der Waals surface area contributed by atoms with Crippen LogP contribution < -0.4 is 5.32 Å². The predicted molar refractivity (Wildman–Crippen MR) is 100 cm³/mol. The first-order valence-electron chi connectivity index (χ1n) is 8.57. The Bertz CT molecular complexity index is 849. The lowest BCUT2D eigenvalue weighted by Crippen LogP contribution is -2.12. The maximum Gasteiger partial charge on any atom is 0.303 e. The lowest BCUT2D eigenvalue weighted by Gasteiger charge is -2.08. The Balaban J connectivity index is 1.52. The molecule has 5 nitrogen and oxygen atoms in total. The van der Waals surface area contributed by atoms with Gasteiger partial charge in [-0.25, -0.2) is 9.97 Å². The number of carboxylic acids is 1. The van der Waals surface area contributed by atoms with Gasteiger partial charge in [0.2, 0.25) is 0 Å². The van der Waals surface area contributed by atoms with E-state index < -0.39 is 5.97 Å². The molecule has 0 fully saturated rings. The van der Waals surface area contributed by atoms with Gasteiger partial charge in [0.25, 0.3) is 0 Å². The number of nitrogens with one attached hydrogen (secondary N) is 1. The molecule has 0 amide bonds. The highest BCUT2D eigenvalue weighted by Crippen LogP contribution is 2.15. The van der Waals surface area contributed by atoms with Gasteiger partial charge in [0.15, 0.2) is 5.82 Å². The van der Waals surface area contributed by atoms with Crippen LogP contribution in [0.1, 0.15) is 23.1 Å². The van der Waals surface area contributed by atoms with Gasteiger partial charge in [0.05, 0.1) is 0 Å². The Morgan fingerprint density at radius 3 is 2.31 bits per heavy atom. The number of aliphatic carboxylic acids is 1. The van der Waals surface area contributed by atoms with E-state index in [4.69, 9.17) is 5.11 Å². The summed E-state index contributed by atoms with van der Waals surface area (Å²) < 4.78 is 0. The third kappa shape index (κ3) is 5.22. The standard InChI is InChI=1S/C21H21N3O2/c25-20(26)10-7-16-3-1-4-18(13-16)15-22-14-17-5-8-19(9-6-17)21-23-11-2-12-24-21/h1-6,8-9,11-13,22H,7,10,14-15H2,(H,25,26). The monoisotopic (exact) mass is 347 g/mol. The van der Waals surface area contributed by atoms with Gasteiger partial charge in [-0.05, 0) is 29.2 Å². The van der Waals surface area contributed by atoms with Crippen molar-refractivity contribution in [2.45, 2.75) is 25.9 Å². The molecule has 2 aromatic carbocycles. The van der Waals surface area contributed by atoms with Crippen LogP contribution in [0.25, 0.3) is 11.4 Å². The topological polar surface area (TPSA) is 75.1 Å². The maximum absolute atomic E-state index is 10.7. The normalized spacial score (nSPS) is 10.6. The molecule has 3 rings (SSSR count). The van der Waals surface area contributed by atoms with Gasteiger partial charge >= 0.3 is 5.97 Å². The third-order valence-corrected chi connectivity index (χ3v) is 4.06. The summed E-state index contributed by atoms with van der Waals surface area (Å²) in [5.41, 5.74) is 4.40. The number of rotatable bonds is 8. The number of carbonyl (C=O) groups is 1. The molecule has 2 N–H and O–H groups in total. The Morgan fingerprint density at radius 2 is 1.58 bits per heavy atom. The van der Waals surface area contributed by atoms with Crippen LogP contribution in [0.4, 0.5) is 0 Å². The summed E-state index contributed by atoms with van der Waals surface area (Å²) in [5.74, 6) is -0.0388. The molecule has 0 unspecified atom stereocenters. The van der Waals surface area contributed by atoms with E-state index in [-0.39, 0.29) is 6.42 Å². The first kappa shape index (κ1) is 17.8. The van der Waals surface area contributed by atoms with Gasteiger partial charge in [-0.2, -0.15) is 0 Å². The van der Waals surface area contributed by atoms with Crippen LogP contribution in [0.15, 0.2) is 67.0 Å². The van der Waals surface area contributed by atoms with Crippen molar-refractivity contribution >= 4 is 5.97 Å². The Labute approximate surface area is 152 Å². The molecule has 0 bridgehead atoms. The number of aryl methyl sites for hydroxylation is 1. The van der Waals surface area contributed by atoms with Crippen molar-refractivity contribution in [1.82, 2.24) is 15.3 Å². The van der Waals surface area contributed by atoms with Crippen LogP contribution in [0.3, 0.4) is 0 Å². The summed E-state index contributed by atoms with van der Waals surface area (Å²) in [4.78, 5) is 19.2. The first-order valence-corrected chi connectivity index (χ1v) is 8.57. The zero-order chi connectivity index (χ0) is 18.2. The van der Waals surface area contributed by atoms with Gasteiger partial charge < -0.3 is 10.4 Å². The van der Waals surface area contributed by atoms with E-state index in [0.29, 0.717) is 6.42 Å². The van der Waals surface area contributed by atoms with Crippen LogP contribution >= 0.6 is 0 Å². The fourth-order valence-corrected chi connectivity index (χ4v) is 2.72. The van der Waals surface area contributed by atoms with Gasteiger partial charge in [-0.1, -0.05) is 48.5 Å². The molecule has 0 aliphatic heterocycles. The fourth-order valence-electron chi connectivity index (χ4n) is 2.72. The van der Waals surface area contributed by atoms with Gasteiger partial charge in [0, 0.05) is 37.5 Å². The lowest BCUT2D eigenvalue weighted by molar-refractivity contribution is -0.136. The second kappa shape index (κ2) is 8.87. The number of benzene rings is 2. The van der Waals surface area contributed by atoms with E-state index in [1.807, 2.05) is 30.3 Å². The zero-order valence-corrected chi connectivity index (χ0v) is 14.4. The molecule has 0 saturated carbocycles. The second-order valence-corrected chi connectivity index (χ2v) is 6.09. The van der Waals surface area contributed by atoms with Crippen LogP contribution in [0.2, 0.25) is 0 Å². The summed E-state index contributed by atoms with van der Waals surface area (Å²) in [6, 6.07) is 18.1. The predicted octanol–water partition coefficient (Wildman–Crippen LogP) is 3.45. The van der Waals surface area contributed by atoms with Crippen LogP contribution in [0.5, 0.6) is 0 Å². The number of carboxylic acid groups (broad SMARTS) is 1. The van der Waals surface area contributed by atoms with Crippen LogP contribution in [0, 0.1) is 0 Å². The quantitative estimate of drug-likeness (QED) is 0.653. The molecular formula is C21H21N3O2. The van der Waals surface area contributed by atoms with E-state index in [9.17, 15) is 4.79 Å². The Morgan fingerprint density at radius 1 is 0.885 bits per heavy atom. The molecule has 0 radical (unpaired) electrons. The lowest BCUT2D eigenvalue weighted by atomic mass is 10.1. The summed E-state index contributed by atoms with van der Waals surface area (Å²) >= 11 is 0. The first-order chi connectivity index (χ1) is 12.7. The largest absolute Gasteiger partial charge is 0.481 e. The minimum Gasteiger partial charge on any atom is -0.481 e. The summed E-state index contributed by atoms with van der Waals surface area (Å²) in [7, 11) is 0. The van der Waals surface area contributed by atoms with E-state index in [1.165, 1.54) is 5.56 Å². The Hall–Kier alpha value is -3.05. The van der Waals surface area contributed by atoms with Crippen molar-refractivity contribution in [2.24, 2.45) is 0 Å². The van der Waals surface area contributed by atoms with Crippen molar-refractivity contribution in [3.63, 3.8) is 0 Å². The summed E-state index contributed by atoms with van der Waals surface area (Å²) in [5, 5.41) is 12.2. The van der Waals surface area contributed by atoms with E-state index in [0.717, 1.165) is 35.6 Å². The van der Waals surface area contributed by atoms with Gasteiger partial charge in [0.1, 0.15) is 0 Å². The minimum absolute atomic E-state index is 0.161. The van der Waals surface area contributed by atoms with Crippen molar-refractivity contribution in [1.29, 1.82) is 0 Å². The number of nitrogens with zero attached hydrogens (tertiary/aromatic N) is 2. The highest BCUT2D eigenvalue weighted by molar-refractivity contribution is 5.67. The van der Waals surface area contributed by atoms with Crippen LogP contribution in [-0.2, 0) is 24.3 Å². The molecule has 26 heavy (non-hydrogen) atoms. The minimum atomic E-state index is -0.766. The molecule has 132 valence electrons. The molecule has 5 heteroatoms. The molecule has 0 atom stereocenters. The maximum atomic E-state index is 10.7. The second-order valence-electron chi connectivity index (χ2n) is 6.09. The molecule has 3 aromatic rings. The van der Waals surface area contributed by atoms with Crippen molar-refractivity contribution in [3.05, 3.63) is 83.7 Å². The smallest absolute Gasteiger partial charge is 0.303 e. The average Bonchev–Trinajstić information content (AvgIpc) is 2.68. The van der Waals surface area contributed by atoms with Gasteiger partial charge in [-0.15, -0.1) is 0 Å². The number of hydrogen-bond donors (Lipinski definition) is 2. The summed E-state index contributed by atoms with van der Waals surface area (Å²) in [6.45, 7) is 1.50. The highest BCUT2D eigenvalue weighted by Gasteiger charge is 2.02. The van der Waals surface area contributed by atoms with E-state index in [2.05, 4.69) is 33.5 Å². The van der Waals surface area contributed by atoms with Crippen LogP contribution in [-0.4, -0.2) is 21.0 Å². The van der Waals surface area contributed by atoms with Gasteiger partial charge in [-0.3, -0.25) is 4.79 Å². The molecule has 0 aliphatic carbocycles. The molecule has 1 aromatic heterocycles. The van der Waals surface area contributed by atoms with E-state index in [1.54, 1.807) is 18.5 Å². The van der Waals surface area contributed by atoms with Crippen molar-refractivity contribution in [2.75, 3.05) is 0 Å². The molecule has 1 heterocycles. The van der Waals surface area contributed by atoms with Crippen molar-refractivity contribution in [3.8, 4) is 11.4 Å². The number of hydrogen-bond acceptors (Lipinski definition) is 4. The van der Waals surface area contributed by atoms with E-state index >= 15 is 0 Å².